The number of hydrogen-bond donors (Lipinski definition) is 2. The number of likely N-dealkylation sites (tertiary alicyclic amines) is 1. The minimum absolute atomic E-state index is 0.0243. The number of carbonyl (C=O) groups excluding carboxylic acids is 1. The van der Waals surface area contributed by atoms with Gasteiger partial charge in [-0.05, 0) is 50.2 Å². The monoisotopic (exact) mass is 423 g/mol. The largest absolute Gasteiger partial charge is 0.350 e. The van der Waals surface area contributed by atoms with Crippen LogP contribution >= 0.6 is 0 Å². The van der Waals surface area contributed by atoms with Crippen molar-refractivity contribution >= 4 is 15.9 Å². The van der Waals surface area contributed by atoms with Crippen molar-refractivity contribution in [3.05, 3.63) is 48.0 Å². The number of nitrogens with zero attached hydrogens (tertiary/aromatic N) is 3. The number of nitrogens with one attached hydrogen (secondary N) is 2. The van der Waals surface area contributed by atoms with Gasteiger partial charge in [-0.3, -0.25) is 9.48 Å². The van der Waals surface area contributed by atoms with E-state index in [-0.39, 0.29) is 22.8 Å². The first-order chi connectivity index (χ1) is 13.7. The fourth-order valence-electron chi connectivity index (χ4n) is 3.52. The Morgan fingerprint density at radius 2 is 1.90 bits per heavy atom. The van der Waals surface area contributed by atoms with Crippen LogP contribution in [-0.2, 0) is 28.4 Å². The van der Waals surface area contributed by atoms with Crippen molar-refractivity contribution in [2.45, 2.75) is 30.3 Å². The third kappa shape index (κ3) is 5.62. The second kappa shape index (κ2) is 9.02. The Morgan fingerprint density at radius 3 is 2.55 bits per heavy atom. The normalized spacial score (nSPS) is 20.9. The summed E-state index contributed by atoms with van der Waals surface area (Å²) in [6, 6.07) is 6.25. The molecule has 158 valence electrons. The minimum Gasteiger partial charge on any atom is -0.350 e. The smallest absolute Gasteiger partial charge is 0.240 e. The SMILES string of the molecule is CN1C[C@@H](NS(=O)(=O)c2ccc(F)cc2)CC[C@@H](C(=O)NCc2ccnn2C)C1. The van der Waals surface area contributed by atoms with E-state index >= 15 is 0 Å². The van der Waals surface area contributed by atoms with Crippen molar-refractivity contribution in [1.29, 1.82) is 0 Å². The van der Waals surface area contributed by atoms with Crippen molar-refractivity contribution in [2.75, 3.05) is 20.1 Å². The lowest BCUT2D eigenvalue weighted by Gasteiger charge is -2.22. The molecule has 1 aliphatic heterocycles. The summed E-state index contributed by atoms with van der Waals surface area (Å²) >= 11 is 0. The molecule has 1 aromatic heterocycles. The molecule has 1 amide bonds. The van der Waals surface area contributed by atoms with Gasteiger partial charge in [-0.15, -0.1) is 0 Å². The highest BCUT2D eigenvalue weighted by Crippen LogP contribution is 2.19. The Morgan fingerprint density at radius 1 is 1.17 bits per heavy atom. The number of aromatic nitrogens is 2. The lowest BCUT2D eigenvalue weighted by molar-refractivity contribution is -0.125. The maximum atomic E-state index is 13.1. The van der Waals surface area contributed by atoms with Gasteiger partial charge in [0.2, 0.25) is 15.9 Å². The predicted octanol–water partition coefficient (Wildman–Crippen LogP) is 0.864. The van der Waals surface area contributed by atoms with Gasteiger partial charge < -0.3 is 10.2 Å². The van der Waals surface area contributed by atoms with Gasteiger partial charge >= 0.3 is 0 Å². The molecule has 2 aromatic rings. The van der Waals surface area contributed by atoms with E-state index in [2.05, 4.69) is 15.1 Å². The van der Waals surface area contributed by atoms with E-state index in [1.807, 2.05) is 25.1 Å². The fourth-order valence-corrected chi connectivity index (χ4v) is 4.78. The van der Waals surface area contributed by atoms with Crippen LogP contribution in [0.25, 0.3) is 0 Å². The van der Waals surface area contributed by atoms with Gasteiger partial charge in [0.05, 0.1) is 23.1 Å². The fraction of sp³-hybridized carbons (Fsp3) is 0.474. The third-order valence-electron chi connectivity index (χ3n) is 5.11. The van der Waals surface area contributed by atoms with Crippen LogP contribution in [0.2, 0.25) is 0 Å². The van der Waals surface area contributed by atoms with E-state index in [0.717, 1.165) is 17.8 Å². The van der Waals surface area contributed by atoms with Gasteiger partial charge in [-0.2, -0.15) is 5.10 Å². The number of hydrogen-bond acceptors (Lipinski definition) is 5. The molecule has 1 saturated heterocycles. The maximum absolute atomic E-state index is 13.1. The molecule has 0 aliphatic carbocycles. The molecule has 0 spiro atoms. The number of amides is 1. The second-order valence-corrected chi connectivity index (χ2v) is 9.15. The number of carbonyl (C=O) groups is 1. The van der Waals surface area contributed by atoms with Gasteiger partial charge in [0.15, 0.2) is 0 Å². The van der Waals surface area contributed by atoms with Crippen LogP contribution in [0, 0.1) is 11.7 Å². The van der Waals surface area contributed by atoms with E-state index in [4.69, 9.17) is 0 Å². The summed E-state index contributed by atoms with van der Waals surface area (Å²) in [6.45, 7) is 1.44. The van der Waals surface area contributed by atoms with Gasteiger partial charge in [-0.25, -0.2) is 17.5 Å². The summed E-state index contributed by atoms with van der Waals surface area (Å²) < 4.78 is 42.6. The molecule has 0 unspecified atom stereocenters. The molecule has 2 atom stereocenters. The average molecular weight is 424 g/mol. The zero-order chi connectivity index (χ0) is 21.0. The molecule has 0 saturated carbocycles. The molecule has 0 bridgehead atoms. The summed E-state index contributed by atoms with van der Waals surface area (Å²) in [5.74, 6) is -0.772. The number of halogens is 1. The standard InChI is InChI=1S/C19H26FN5O3S/c1-24-12-14(19(26)21-11-17-9-10-22-25(17)2)3-6-16(13-24)23-29(27,28)18-7-4-15(20)5-8-18/h4-5,7-10,14,16,23H,3,6,11-13H2,1-2H3,(H,21,26)/t14-,16+/m1/s1. The van der Waals surface area contributed by atoms with Gasteiger partial charge in [-0.1, -0.05) is 0 Å². The molecule has 2 heterocycles. The van der Waals surface area contributed by atoms with Crippen LogP contribution in [0.5, 0.6) is 0 Å². The Balaban J connectivity index is 1.58. The van der Waals surface area contributed by atoms with Gasteiger partial charge in [0, 0.05) is 32.4 Å². The topological polar surface area (TPSA) is 96.3 Å². The first-order valence-corrected chi connectivity index (χ1v) is 10.9. The third-order valence-corrected chi connectivity index (χ3v) is 6.65. The van der Waals surface area contributed by atoms with Crippen LogP contribution in [-0.4, -0.2) is 55.2 Å². The second-order valence-electron chi connectivity index (χ2n) is 7.43. The number of sulfonamides is 1. The summed E-state index contributed by atoms with van der Waals surface area (Å²) in [5, 5.41) is 7.02. The Bertz CT molecular complexity index is 945. The molecular weight excluding hydrogens is 397 g/mol. The highest BCUT2D eigenvalue weighted by molar-refractivity contribution is 7.89. The molecule has 8 nitrogen and oxygen atoms in total. The molecule has 0 radical (unpaired) electrons. The Kier molecular flexibility index (Phi) is 6.66. The molecule has 1 aromatic carbocycles. The van der Waals surface area contributed by atoms with Crippen LogP contribution < -0.4 is 10.0 Å². The first kappa shape index (κ1) is 21.4. The van der Waals surface area contributed by atoms with E-state index in [1.54, 1.807) is 10.9 Å². The number of rotatable bonds is 6. The summed E-state index contributed by atoms with van der Waals surface area (Å²) in [6.07, 6.45) is 2.78. The Hall–Kier alpha value is -2.30. The molecule has 10 heteroatoms. The highest BCUT2D eigenvalue weighted by Gasteiger charge is 2.29. The molecule has 1 aliphatic rings. The van der Waals surface area contributed by atoms with Crippen molar-refractivity contribution < 1.29 is 17.6 Å². The van der Waals surface area contributed by atoms with E-state index < -0.39 is 15.8 Å². The first-order valence-electron chi connectivity index (χ1n) is 9.45. The van der Waals surface area contributed by atoms with Crippen LogP contribution in [0.1, 0.15) is 18.5 Å². The number of benzene rings is 1. The zero-order valence-corrected chi connectivity index (χ0v) is 17.3. The van der Waals surface area contributed by atoms with Crippen LogP contribution in [0.15, 0.2) is 41.4 Å². The predicted molar refractivity (Wildman–Crippen MR) is 106 cm³/mol. The lowest BCUT2D eigenvalue weighted by atomic mass is 10.0. The zero-order valence-electron chi connectivity index (χ0n) is 16.5. The van der Waals surface area contributed by atoms with Crippen molar-refractivity contribution in [2.24, 2.45) is 13.0 Å². The van der Waals surface area contributed by atoms with E-state index in [1.165, 1.54) is 12.1 Å². The van der Waals surface area contributed by atoms with E-state index in [9.17, 15) is 17.6 Å². The lowest BCUT2D eigenvalue weighted by Crippen LogP contribution is -2.41. The summed E-state index contributed by atoms with van der Waals surface area (Å²) in [7, 11) is -0.0671. The molecule has 1 fully saturated rings. The van der Waals surface area contributed by atoms with Crippen molar-refractivity contribution in [3.8, 4) is 0 Å². The quantitative estimate of drug-likeness (QED) is 0.719. The number of aryl methyl sites for hydroxylation is 1. The average Bonchev–Trinajstić information content (AvgIpc) is 2.98. The Labute approximate surface area is 170 Å². The summed E-state index contributed by atoms with van der Waals surface area (Å²) in [4.78, 5) is 14.6. The van der Waals surface area contributed by atoms with Gasteiger partial charge in [0.25, 0.3) is 0 Å². The molecule has 2 N–H and O–H groups in total. The van der Waals surface area contributed by atoms with Gasteiger partial charge in [0.1, 0.15) is 5.82 Å². The molecular formula is C19H26FN5O3S. The minimum atomic E-state index is -3.75. The highest BCUT2D eigenvalue weighted by atomic mass is 32.2. The van der Waals surface area contributed by atoms with Crippen LogP contribution in [0.4, 0.5) is 4.39 Å². The number of likely N-dealkylation sites (N-methyl/N-ethyl adjacent to an activating group) is 1. The van der Waals surface area contributed by atoms with Crippen molar-refractivity contribution in [3.63, 3.8) is 0 Å². The van der Waals surface area contributed by atoms with Crippen molar-refractivity contribution in [1.82, 2.24) is 24.7 Å². The summed E-state index contributed by atoms with van der Waals surface area (Å²) in [5.41, 5.74) is 0.908. The molecule has 3 rings (SSSR count). The molecule has 29 heavy (non-hydrogen) atoms. The van der Waals surface area contributed by atoms with Crippen LogP contribution in [0.3, 0.4) is 0 Å². The maximum Gasteiger partial charge on any atom is 0.240 e. The van der Waals surface area contributed by atoms with E-state index in [0.29, 0.717) is 32.5 Å².